The summed E-state index contributed by atoms with van der Waals surface area (Å²) >= 11 is 15.6. The van der Waals surface area contributed by atoms with Crippen LogP contribution in [0.5, 0.6) is 5.75 Å². The molecule has 28 heavy (non-hydrogen) atoms. The number of hydrogen-bond acceptors (Lipinski definition) is 4. The third-order valence-corrected chi connectivity index (χ3v) is 5.01. The maximum atomic E-state index is 11.0. The number of aromatic nitrogens is 2. The number of ether oxygens (including phenoxy) is 1. The van der Waals surface area contributed by atoms with Crippen LogP contribution in [0.1, 0.15) is 27.3 Å². The SMILES string of the molecule is Cc1cc(C(=O)[O-])nn1Cc1cc(Br)ccc1OCc1ccc(Cl)cc1Cl.[Na+]. The fraction of sp³-hybridized carbons (Fsp3) is 0.158. The molecule has 2 aromatic carbocycles. The summed E-state index contributed by atoms with van der Waals surface area (Å²) in [7, 11) is 0. The first-order valence-corrected chi connectivity index (χ1v) is 9.49. The Morgan fingerprint density at radius 2 is 1.93 bits per heavy atom. The monoisotopic (exact) mass is 490 g/mol. The van der Waals surface area contributed by atoms with Gasteiger partial charge in [-0.3, -0.25) is 4.68 Å². The van der Waals surface area contributed by atoms with E-state index in [1.54, 1.807) is 23.7 Å². The van der Waals surface area contributed by atoms with Crippen LogP contribution in [0.3, 0.4) is 0 Å². The molecule has 0 saturated carbocycles. The van der Waals surface area contributed by atoms with Gasteiger partial charge in [-0.25, -0.2) is 0 Å². The number of carboxylic acids is 1. The Labute approximate surface area is 203 Å². The summed E-state index contributed by atoms with van der Waals surface area (Å²) in [4.78, 5) is 11.0. The molecule has 0 unspecified atom stereocenters. The predicted molar refractivity (Wildman–Crippen MR) is 105 cm³/mol. The number of carboxylic acid groups (broad SMARTS) is 1. The van der Waals surface area contributed by atoms with Gasteiger partial charge in [0.1, 0.15) is 18.1 Å². The molecule has 0 N–H and O–H groups in total. The topological polar surface area (TPSA) is 67.2 Å². The summed E-state index contributed by atoms with van der Waals surface area (Å²) in [6, 6.07) is 12.3. The van der Waals surface area contributed by atoms with Crippen LogP contribution in [0.2, 0.25) is 10.0 Å². The van der Waals surface area contributed by atoms with Gasteiger partial charge >= 0.3 is 29.6 Å². The normalized spacial score (nSPS) is 10.4. The first-order chi connectivity index (χ1) is 12.8. The maximum absolute atomic E-state index is 11.0. The van der Waals surface area contributed by atoms with Gasteiger partial charge in [-0.15, -0.1) is 0 Å². The zero-order valence-corrected chi connectivity index (χ0v) is 20.3. The Morgan fingerprint density at radius 3 is 2.57 bits per heavy atom. The predicted octanol–water partition coefficient (Wildman–Crippen LogP) is 1.26. The number of hydrogen-bond donors (Lipinski definition) is 0. The molecule has 0 bridgehead atoms. The second-order valence-electron chi connectivity index (χ2n) is 5.89. The van der Waals surface area contributed by atoms with Crippen LogP contribution in [0.4, 0.5) is 0 Å². The molecule has 0 aliphatic carbocycles. The number of rotatable bonds is 6. The number of halogens is 3. The van der Waals surface area contributed by atoms with Crippen molar-refractivity contribution in [1.29, 1.82) is 0 Å². The molecule has 1 aromatic heterocycles. The van der Waals surface area contributed by atoms with Crippen molar-refractivity contribution in [1.82, 2.24) is 9.78 Å². The van der Waals surface area contributed by atoms with Gasteiger partial charge in [0.15, 0.2) is 0 Å². The van der Waals surface area contributed by atoms with E-state index in [1.807, 2.05) is 24.3 Å². The molecule has 0 amide bonds. The van der Waals surface area contributed by atoms with E-state index in [9.17, 15) is 9.90 Å². The van der Waals surface area contributed by atoms with Gasteiger partial charge in [-0.1, -0.05) is 45.2 Å². The standard InChI is InChI=1S/C19H15BrCl2N2O3.Na/c1-11-6-17(19(25)26)23-24(11)9-13-7-14(20)3-5-18(13)27-10-12-2-4-15(21)8-16(12)22;/h2-8H,9-10H2,1H3,(H,25,26);/q;+1/p-1. The van der Waals surface area contributed by atoms with Crippen molar-refractivity contribution in [2.75, 3.05) is 0 Å². The van der Waals surface area contributed by atoms with Gasteiger partial charge < -0.3 is 14.6 Å². The molecule has 3 rings (SSSR count). The maximum Gasteiger partial charge on any atom is 1.00 e. The first kappa shape index (κ1) is 23.3. The molecule has 9 heteroatoms. The van der Waals surface area contributed by atoms with E-state index in [1.165, 1.54) is 6.07 Å². The average Bonchev–Trinajstić information content (AvgIpc) is 2.97. The molecule has 5 nitrogen and oxygen atoms in total. The van der Waals surface area contributed by atoms with Gasteiger partial charge in [-0.05, 0) is 43.3 Å². The van der Waals surface area contributed by atoms with E-state index < -0.39 is 5.97 Å². The van der Waals surface area contributed by atoms with E-state index >= 15 is 0 Å². The van der Waals surface area contributed by atoms with Crippen molar-refractivity contribution in [2.24, 2.45) is 0 Å². The van der Waals surface area contributed by atoms with Crippen LogP contribution in [-0.2, 0) is 13.2 Å². The van der Waals surface area contributed by atoms with Gasteiger partial charge in [-0.2, -0.15) is 5.10 Å². The van der Waals surface area contributed by atoms with E-state index in [0.29, 0.717) is 28.0 Å². The number of benzene rings is 2. The minimum atomic E-state index is -1.31. The van der Waals surface area contributed by atoms with Gasteiger partial charge in [0.25, 0.3) is 0 Å². The fourth-order valence-corrected chi connectivity index (χ4v) is 3.41. The molecule has 3 aromatic rings. The zero-order chi connectivity index (χ0) is 19.6. The molecular formula is C19H14BrCl2N2NaO3. The Morgan fingerprint density at radius 1 is 1.18 bits per heavy atom. The molecule has 0 atom stereocenters. The Balaban J connectivity index is 0.00000280. The molecule has 0 aliphatic rings. The van der Waals surface area contributed by atoms with E-state index in [4.69, 9.17) is 27.9 Å². The molecule has 0 fully saturated rings. The summed E-state index contributed by atoms with van der Waals surface area (Å²) < 4.78 is 8.41. The van der Waals surface area contributed by atoms with E-state index in [0.717, 1.165) is 15.6 Å². The largest absolute Gasteiger partial charge is 1.00 e. The molecule has 0 radical (unpaired) electrons. The number of carbonyl (C=O) groups excluding carboxylic acids is 1. The Bertz CT molecular complexity index is 1010. The quantitative estimate of drug-likeness (QED) is 0.487. The molecule has 140 valence electrons. The van der Waals surface area contributed by atoms with Crippen molar-refractivity contribution in [3.8, 4) is 5.75 Å². The minimum absolute atomic E-state index is 0. The molecular weight excluding hydrogens is 478 g/mol. The van der Waals surface area contributed by atoms with Crippen molar-refractivity contribution < 1.29 is 44.2 Å². The van der Waals surface area contributed by atoms with Crippen LogP contribution in [-0.4, -0.2) is 15.7 Å². The van der Waals surface area contributed by atoms with Gasteiger partial charge in [0, 0.05) is 31.3 Å². The zero-order valence-electron chi connectivity index (χ0n) is 15.2. The van der Waals surface area contributed by atoms with Gasteiger partial charge in [0.2, 0.25) is 0 Å². The van der Waals surface area contributed by atoms with Crippen LogP contribution < -0.4 is 39.4 Å². The van der Waals surface area contributed by atoms with Crippen molar-refractivity contribution >= 4 is 45.1 Å². The fourth-order valence-electron chi connectivity index (χ4n) is 2.54. The van der Waals surface area contributed by atoms with Gasteiger partial charge in [0.05, 0.1) is 12.5 Å². The number of aryl methyl sites for hydroxylation is 1. The molecule has 1 heterocycles. The second kappa shape index (κ2) is 10.1. The van der Waals surface area contributed by atoms with Crippen molar-refractivity contribution in [3.63, 3.8) is 0 Å². The minimum Gasteiger partial charge on any atom is -0.543 e. The summed E-state index contributed by atoms with van der Waals surface area (Å²) in [6.07, 6.45) is 0. The second-order valence-corrected chi connectivity index (χ2v) is 7.65. The smallest absolute Gasteiger partial charge is 0.543 e. The summed E-state index contributed by atoms with van der Waals surface area (Å²) in [5.74, 6) is -0.658. The van der Waals surface area contributed by atoms with Crippen LogP contribution in [0.25, 0.3) is 0 Å². The van der Waals surface area contributed by atoms with E-state index in [2.05, 4.69) is 21.0 Å². The van der Waals surface area contributed by atoms with E-state index in [-0.39, 0.29) is 41.9 Å². The third kappa shape index (κ3) is 5.75. The summed E-state index contributed by atoms with van der Waals surface area (Å²) in [5, 5.41) is 16.2. The molecule has 0 saturated heterocycles. The van der Waals surface area contributed by atoms with Crippen molar-refractivity contribution in [2.45, 2.75) is 20.1 Å². The number of aromatic carboxylic acids is 1. The van der Waals surface area contributed by atoms with Crippen molar-refractivity contribution in [3.05, 3.63) is 79.5 Å². The Hall–Kier alpha value is -1.02. The average molecular weight is 492 g/mol. The number of nitrogens with zero attached hydrogens (tertiary/aromatic N) is 2. The number of carbonyl (C=O) groups is 1. The summed E-state index contributed by atoms with van der Waals surface area (Å²) in [6.45, 7) is 2.40. The first-order valence-electron chi connectivity index (χ1n) is 7.94. The molecule has 0 aliphatic heterocycles. The molecule has 0 spiro atoms. The summed E-state index contributed by atoms with van der Waals surface area (Å²) in [5.41, 5.74) is 2.26. The van der Waals surface area contributed by atoms with Crippen LogP contribution >= 0.6 is 39.1 Å². The third-order valence-electron chi connectivity index (χ3n) is 3.93. The van der Waals surface area contributed by atoms with Crippen LogP contribution in [0.15, 0.2) is 46.9 Å². The Kier molecular flexibility index (Phi) is 8.43. The van der Waals surface area contributed by atoms with Crippen LogP contribution in [0, 0.1) is 6.92 Å².